The number of amides is 1. The Kier molecular flexibility index (Phi) is 5.71. The fraction of sp³-hybridized carbons (Fsp3) is 0.300. The van der Waals surface area contributed by atoms with Crippen molar-refractivity contribution in [3.63, 3.8) is 0 Å². The number of anilines is 2. The molecule has 4 rings (SSSR count). The van der Waals surface area contributed by atoms with E-state index in [4.69, 9.17) is 0 Å². The monoisotopic (exact) mass is 447 g/mol. The SMILES string of the molecule is CS(=O)(=O)Nc1ccc(-c2csc(NC(=O)c3cc4c(s3)CCCCC4)n2)cc1. The summed E-state index contributed by atoms with van der Waals surface area (Å²) in [6.45, 7) is 0. The van der Waals surface area contributed by atoms with Crippen molar-refractivity contribution in [1.29, 1.82) is 0 Å². The van der Waals surface area contributed by atoms with Crippen molar-refractivity contribution in [2.24, 2.45) is 0 Å². The Balaban J connectivity index is 1.44. The second kappa shape index (κ2) is 8.25. The maximum atomic E-state index is 12.6. The van der Waals surface area contributed by atoms with Gasteiger partial charge in [-0.15, -0.1) is 22.7 Å². The number of fused-ring (bicyclic) bond motifs is 1. The topological polar surface area (TPSA) is 88.2 Å². The van der Waals surface area contributed by atoms with Crippen LogP contribution in [0.2, 0.25) is 0 Å². The van der Waals surface area contributed by atoms with Crippen LogP contribution in [0, 0.1) is 0 Å². The zero-order chi connectivity index (χ0) is 20.4. The minimum absolute atomic E-state index is 0.114. The van der Waals surface area contributed by atoms with Crippen molar-refractivity contribution in [2.45, 2.75) is 32.1 Å². The number of carbonyl (C=O) groups is 1. The van der Waals surface area contributed by atoms with Gasteiger partial charge in [-0.05, 0) is 49.4 Å². The van der Waals surface area contributed by atoms with E-state index in [-0.39, 0.29) is 5.91 Å². The Morgan fingerprint density at radius 2 is 1.86 bits per heavy atom. The van der Waals surface area contributed by atoms with Crippen molar-refractivity contribution in [3.05, 3.63) is 51.0 Å². The average Bonchev–Trinajstić information content (AvgIpc) is 3.23. The van der Waals surface area contributed by atoms with Crippen LogP contribution in [-0.2, 0) is 22.9 Å². The number of nitrogens with zero attached hydrogens (tertiary/aromatic N) is 1. The van der Waals surface area contributed by atoms with Crippen LogP contribution in [0.3, 0.4) is 0 Å². The summed E-state index contributed by atoms with van der Waals surface area (Å²) < 4.78 is 25.0. The molecule has 0 radical (unpaired) electrons. The first-order chi connectivity index (χ1) is 13.9. The number of carbonyl (C=O) groups excluding carboxylic acids is 1. The van der Waals surface area contributed by atoms with Gasteiger partial charge in [0.05, 0.1) is 16.8 Å². The van der Waals surface area contributed by atoms with Crippen molar-refractivity contribution in [2.75, 3.05) is 16.3 Å². The third-order valence-corrected chi connectivity index (χ3v) is 7.28. The minimum atomic E-state index is -3.30. The van der Waals surface area contributed by atoms with Crippen LogP contribution in [0.25, 0.3) is 11.3 Å². The van der Waals surface area contributed by atoms with Gasteiger partial charge < -0.3 is 0 Å². The summed E-state index contributed by atoms with van der Waals surface area (Å²) in [5.74, 6) is -0.114. The van der Waals surface area contributed by atoms with E-state index in [9.17, 15) is 13.2 Å². The molecule has 0 saturated carbocycles. The quantitative estimate of drug-likeness (QED) is 0.552. The number of hydrogen-bond donors (Lipinski definition) is 2. The molecule has 6 nitrogen and oxygen atoms in total. The molecule has 2 aromatic heterocycles. The summed E-state index contributed by atoms with van der Waals surface area (Å²) in [7, 11) is -3.30. The summed E-state index contributed by atoms with van der Waals surface area (Å²) in [6, 6.07) is 9.00. The van der Waals surface area contributed by atoms with E-state index in [0.717, 1.165) is 35.2 Å². The molecule has 0 aliphatic heterocycles. The van der Waals surface area contributed by atoms with E-state index in [1.165, 1.54) is 41.0 Å². The molecule has 0 bridgehead atoms. The smallest absolute Gasteiger partial charge is 0.267 e. The second-order valence-electron chi connectivity index (χ2n) is 7.06. The molecule has 1 aromatic carbocycles. The van der Waals surface area contributed by atoms with Crippen LogP contribution in [0.5, 0.6) is 0 Å². The molecule has 152 valence electrons. The second-order valence-corrected chi connectivity index (χ2v) is 10.8. The van der Waals surface area contributed by atoms with E-state index in [1.807, 2.05) is 11.4 Å². The number of benzene rings is 1. The Morgan fingerprint density at radius 3 is 2.62 bits per heavy atom. The first-order valence-corrected chi connectivity index (χ1v) is 12.9. The van der Waals surface area contributed by atoms with Crippen molar-refractivity contribution in [3.8, 4) is 11.3 Å². The Hall–Kier alpha value is -2.23. The van der Waals surface area contributed by atoms with Crippen LogP contribution in [0.4, 0.5) is 10.8 Å². The Morgan fingerprint density at radius 1 is 1.10 bits per heavy atom. The van der Waals surface area contributed by atoms with Gasteiger partial charge in [-0.3, -0.25) is 14.8 Å². The van der Waals surface area contributed by atoms with Gasteiger partial charge in [-0.1, -0.05) is 18.6 Å². The van der Waals surface area contributed by atoms with Crippen LogP contribution in [0.1, 0.15) is 39.4 Å². The third kappa shape index (κ3) is 5.04. The molecule has 0 spiro atoms. The highest BCUT2D eigenvalue weighted by Gasteiger charge is 2.17. The van der Waals surface area contributed by atoms with Gasteiger partial charge in [-0.25, -0.2) is 13.4 Å². The van der Waals surface area contributed by atoms with Crippen LogP contribution >= 0.6 is 22.7 Å². The van der Waals surface area contributed by atoms with Gasteiger partial charge >= 0.3 is 0 Å². The van der Waals surface area contributed by atoms with Gasteiger partial charge in [0, 0.05) is 21.5 Å². The summed E-state index contributed by atoms with van der Waals surface area (Å²) in [5, 5.41) is 5.32. The predicted molar refractivity (Wildman–Crippen MR) is 120 cm³/mol. The molecule has 0 unspecified atom stereocenters. The van der Waals surface area contributed by atoms with E-state index < -0.39 is 10.0 Å². The standard InChI is InChI=1S/C20H21N3O3S3/c1-29(25,26)23-15-9-7-13(8-10-15)16-12-27-20(21-16)22-19(24)18-11-14-5-3-2-4-6-17(14)28-18/h7-12,23H,2-6H2,1H3,(H,21,22,24). The minimum Gasteiger partial charge on any atom is -0.297 e. The third-order valence-electron chi connectivity index (χ3n) is 4.68. The van der Waals surface area contributed by atoms with Gasteiger partial charge in [0.25, 0.3) is 5.91 Å². The van der Waals surface area contributed by atoms with E-state index in [2.05, 4.69) is 15.0 Å². The van der Waals surface area contributed by atoms with Crippen molar-refractivity contribution >= 4 is 49.4 Å². The van der Waals surface area contributed by atoms with Gasteiger partial charge in [0.15, 0.2) is 5.13 Å². The molecule has 29 heavy (non-hydrogen) atoms. The van der Waals surface area contributed by atoms with Crippen LogP contribution in [-0.4, -0.2) is 25.6 Å². The molecular formula is C20H21N3O3S3. The maximum absolute atomic E-state index is 12.6. The molecule has 9 heteroatoms. The predicted octanol–water partition coefficient (Wildman–Crippen LogP) is 4.76. The van der Waals surface area contributed by atoms with Gasteiger partial charge in [-0.2, -0.15) is 0 Å². The van der Waals surface area contributed by atoms with E-state index >= 15 is 0 Å². The zero-order valence-corrected chi connectivity index (χ0v) is 18.3. The fourth-order valence-electron chi connectivity index (χ4n) is 3.32. The summed E-state index contributed by atoms with van der Waals surface area (Å²) >= 11 is 2.96. The lowest BCUT2D eigenvalue weighted by Gasteiger charge is -2.04. The lowest BCUT2D eigenvalue weighted by molar-refractivity contribution is 0.103. The highest BCUT2D eigenvalue weighted by Crippen LogP contribution is 2.31. The number of aryl methyl sites for hydroxylation is 2. The average molecular weight is 448 g/mol. The number of aromatic nitrogens is 1. The van der Waals surface area contributed by atoms with Crippen molar-refractivity contribution < 1.29 is 13.2 Å². The molecule has 0 saturated heterocycles. The Labute approximate surface area is 178 Å². The number of nitrogens with one attached hydrogen (secondary N) is 2. The Bertz CT molecular complexity index is 1110. The lowest BCUT2D eigenvalue weighted by Crippen LogP contribution is -2.10. The molecule has 1 aliphatic rings. The van der Waals surface area contributed by atoms with Crippen molar-refractivity contribution in [1.82, 2.24) is 4.98 Å². The van der Waals surface area contributed by atoms with Crippen LogP contribution < -0.4 is 10.0 Å². The van der Waals surface area contributed by atoms with Crippen LogP contribution in [0.15, 0.2) is 35.7 Å². The zero-order valence-electron chi connectivity index (χ0n) is 15.9. The molecule has 2 N–H and O–H groups in total. The first kappa shape index (κ1) is 20.1. The normalized spacial score (nSPS) is 14.1. The first-order valence-electron chi connectivity index (χ1n) is 9.34. The molecule has 0 fully saturated rings. The number of sulfonamides is 1. The van der Waals surface area contributed by atoms with E-state index in [1.54, 1.807) is 35.6 Å². The summed E-state index contributed by atoms with van der Waals surface area (Å²) in [5.41, 5.74) is 3.40. The molecule has 1 aliphatic carbocycles. The fourth-order valence-corrected chi connectivity index (χ4v) is 5.75. The number of thiophene rings is 1. The summed E-state index contributed by atoms with van der Waals surface area (Å²) in [4.78, 5) is 19.2. The van der Waals surface area contributed by atoms with Gasteiger partial charge in [0.2, 0.25) is 10.0 Å². The number of rotatable bonds is 5. The number of hydrogen-bond acceptors (Lipinski definition) is 6. The molecule has 0 atom stereocenters. The highest BCUT2D eigenvalue weighted by molar-refractivity contribution is 7.92. The van der Waals surface area contributed by atoms with Gasteiger partial charge in [0.1, 0.15) is 0 Å². The summed E-state index contributed by atoms with van der Waals surface area (Å²) in [6.07, 6.45) is 6.89. The largest absolute Gasteiger partial charge is 0.297 e. The maximum Gasteiger partial charge on any atom is 0.267 e. The highest BCUT2D eigenvalue weighted by atomic mass is 32.2. The number of thiazole rings is 1. The molecule has 1 amide bonds. The molecule has 2 heterocycles. The molecular weight excluding hydrogens is 426 g/mol. The lowest BCUT2D eigenvalue weighted by atomic mass is 10.1. The van der Waals surface area contributed by atoms with E-state index in [0.29, 0.717) is 10.8 Å². The molecule has 3 aromatic rings.